The SMILES string of the molecule is NCC(=O)C[C@@H](CC(=O)O)C(=O)O. The summed E-state index contributed by atoms with van der Waals surface area (Å²) < 4.78 is 0. The molecule has 0 aliphatic carbocycles. The van der Waals surface area contributed by atoms with Gasteiger partial charge in [-0.2, -0.15) is 0 Å². The zero-order valence-electron chi connectivity index (χ0n) is 6.90. The van der Waals surface area contributed by atoms with E-state index in [0.29, 0.717) is 0 Å². The van der Waals surface area contributed by atoms with Gasteiger partial charge in [-0.1, -0.05) is 0 Å². The van der Waals surface area contributed by atoms with Crippen LogP contribution in [-0.4, -0.2) is 34.5 Å². The third-order valence-electron chi connectivity index (χ3n) is 1.47. The van der Waals surface area contributed by atoms with Gasteiger partial charge < -0.3 is 15.9 Å². The summed E-state index contributed by atoms with van der Waals surface area (Å²) in [7, 11) is 0. The summed E-state index contributed by atoms with van der Waals surface area (Å²) in [6.45, 7) is -0.261. The summed E-state index contributed by atoms with van der Waals surface area (Å²) in [6.07, 6.45) is -0.876. The monoisotopic (exact) mass is 189 g/mol. The molecule has 0 aliphatic rings. The van der Waals surface area contributed by atoms with Crippen molar-refractivity contribution in [3.05, 3.63) is 0 Å². The molecule has 0 fully saturated rings. The third-order valence-corrected chi connectivity index (χ3v) is 1.47. The molecule has 74 valence electrons. The number of carboxylic acid groups (broad SMARTS) is 2. The Morgan fingerprint density at radius 2 is 1.69 bits per heavy atom. The summed E-state index contributed by atoms with van der Waals surface area (Å²) in [6, 6.07) is 0. The molecule has 13 heavy (non-hydrogen) atoms. The maximum Gasteiger partial charge on any atom is 0.307 e. The van der Waals surface area contributed by atoms with Crippen molar-refractivity contribution in [2.24, 2.45) is 11.7 Å². The molecule has 4 N–H and O–H groups in total. The number of rotatable bonds is 6. The van der Waals surface area contributed by atoms with Crippen LogP contribution in [0.3, 0.4) is 0 Å². The maximum absolute atomic E-state index is 10.7. The van der Waals surface area contributed by atoms with Crippen LogP contribution < -0.4 is 5.73 Å². The van der Waals surface area contributed by atoms with E-state index in [0.717, 1.165) is 0 Å². The normalized spacial score (nSPS) is 12.1. The van der Waals surface area contributed by atoms with Gasteiger partial charge >= 0.3 is 11.9 Å². The molecule has 0 saturated carbocycles. The molecule has 0 amide bonds. The second-order valence-electron chi connectivity index (χ2n) is 2.58. The lowest BCUT2D eigenvalue weighted by molar-refractivity contribution is -0.149. The first-order valence-corrected chi connectivity index (χ1v) is 3.63. The van der Waals surface area contributed by atoms with Crippen molar-refractivity contribution in [1.82, 2.24) is 0 Å². The number of nitrogens with two attached hydrogens (primary N) is 1. The molecule has 0 rings (SSSR count). The first-order chi connectivity index (χ1) is 5.97. The van der Waals surface area contributed by atoms with E-state index in [-0.39, 0.29) is 13.0 Å². The fraction of sp³-hybridized carbons (Fsp3) is 0.571. The number of ketones is 1. The minimum atomic E-state index is -1.29. The van der Waals surface area contributed by atoms with Gasteiger partial charge in [0.25, 0.3) is 0 Å². The van der Waals surface area contributed by atoms with Crippen LogP contribution in [0.25, 0.3) is 0 Å². The highest BCUT2D eigenvalue weighted by molar-refractivity contribution is 5.87. The van der Waals surface area contributed by atoms with Crippen molar-refractivity contribution >= 4 is 17.7 Å². The van der Waals surface area contributed by atoms with E-state index in [4.69, 9.17) is 15.9 Å². The number of hydrogen-bond acceptors (Lipinski definition) is 4. The van der Waals surface area contributed by atoms with Crippen LogP contribution in [0, 0.1) is 5.92 Å². The lowest BCUT2D eigenvalue weighted by Crippen LogP contribution is -2.24. The molecule has 0 heterocycles. The number of carboxylic acids is 2. The van der Waals surface area contributed by atoms with Gasteiger partial charge in [0.05, 0.1) is 18.9 Å². The Kier molecular flexibility index (Phi) is 4.68. The van der Waals surface area contributed by atoms with Crippen LogP contribution in [0.5, 0.6) is 0 Å². The summed E-state index contributed by atoms with van der Waals surface area (Å²) in [5, 5.41) is 16.8. The van der Waals surface area contributed by atoms with E-state index in [2.05, 4.69) is 0 Å². The minimum Gasteiger partial charge on any atom is -0.481 e. The summed E-state index contributed by atoms with van der Waals surface area (Å²) in [4.78, 5) is 31.3. The number of hydrogen-bond donors (Lipinski definition) is 3. The lowest BCUT2D eigenvalue weighted by Gasteiger charge is -2.06. The topological polar surface area (TPSA) is 118 Å². The first-order valence-electron chi connectivity index (χ1n) is 3.63. The average Bonchev–Trinajstić information content (AvgIpc) is 2.02. The third kappa shape index (κ3) is 4.91. The second-order valence-corrected chi connectivity index (χ2v) is 2.58. The number of carbonyl (C=O) groups is 3. The standard InChI is InChI=1S/C7H11NO5/c8-3-5(9)1-4(7(12)13)2-6(10)11/h4H,1-3,8H2,(H,10,11)(H,12,13)/t4-/m0/s1. The zero-order chi connectivity index (χ0) is 10.4. The molecule has 0 radical (unpaired) electrons. The van der Waals surface area contributed by atoms with Crippen molar-refractivity contribution in [2.45, 2.75) is 12.8 Å². The molecule has 6 heteroatoms. The molecule has 0 saturated heterocycles. The van der Waals surface area contributed by atoms with Crippen LogP contribution in [-0.2, 0) is 14.4 Å². The van der Waals surface area contributed by atoms with Gasteiger partial charge in [-0.25, -0.2) is 0 Å². The zero-order valence-corrected chi connectivity index (χ0v) is 6.90. The van der Waals surface area contributed by atoms with Crippen LogP contribution in [0.4, 0.5) is 0 Å². The molecule has 0 aromatic carbocycles. The molecular formula is C7H11NO5. The minimum absolute atomic E-state index is 0.261. The van der Waals surface area contributed by atoms with Crippen LogP contribution in [0.1, 0.15) is 12.8 Å². The second kappa shape index (κ2) is 5.26. The molecule has 6 nitrogen and oxygen atoms in total. The highest BCUT2D eigenvalue weighted by atomic mass is 16.4. The predicted molar refractivity (Wildman–Crippen MR) is 42.1 cm³/mol. The molecule has 0 spiro atoms. The summed E-state index contributed by atoms with van der Waals surface area (Å²) >= 11 is 0. The van der Waals surface area contributed by atoms with Crippen molar-refractivity contribution in [3.8, 4) is 0 Å². The lowest BCUT2D eigenvalue weighted by atomic mass is 9.99. The Morgan fingerprint density at radius 3 is 2.00 bits per heavy atom. The van der Waals surface area contributed by atoms with E-state index in [1.54, 1.807) is 0 Å². The Morgan fingerprint density at radius 1 is 1.15 bits per heavy atom. The Bertz CT molecular complexity index is 225. The summed E-state index contributed by atoms with van der Waals surface area (Å²) in [5.74, 6) is -4.15. The van der Waals surface area contributed by atoms with Gasteiger partial charge in [0.2, 0.25) is 0 Å². The average molecular weight is 189 g/mol. The number of aliphatic carboxylic acids is 2. The Balaban J connectivity index is 4.18. The number of carbonyl (C=O) groups excluding carboxylic acids is 1. The first kappa shape index (κ1) is 11.6. The quantitative estimate of drug-likeness (QED) is 0.497. The van der Waals surface area contributed by atoms with Crippen molar-refractivity contribution in [1.29, 1.82) is 0 Å². The fourth-order valence-electron chi connectivity index (χ4n) is 0.816. The number of Topliss-reactive ketones (excluding diaryl/α,β-unsaturated/α-hetero) is 1. The van der Waals surface area contributed by atoms with Crippen molar-refractivity contribution < 1.29 is 24.6 Å². The molecule has 0 aromatic rings. The fourth-order valence-corrected chi connectivity index (χ4v) is 0.816. The van der Waals surface area contributed by atoms with Gasteiger partial charge in [0, 0.05) is 6.42 Å². The smallest absolute Gasteiger partial charge is 0.307 e. The van der Waals surface area contributed by atoms with E-state index in [1.807, 2.05) is 0 Å². The highest BCUT2D eigenvalue weighted by Gasteiger charge is 2.23. The van der Waals surface area contributed by atoms with E-state index in [1.165, 1.54) is 0 Å². The van der Waals surface area contributed by atoms with Crippen LogP contribution in [0.2, 0.25) is 0 Å². The largest absolute Gasteiger partial charge is 0.481 e. The highest BCUT2D eigenvalue weighted by Crippen LogP contribution is 2.09. The molecule has 0 aliphatic heterocycles. The van der Waals surface area contributed by atoms with Crippen molar-refractivity contribution in [2.75, 3.05) is 6.54 Å². The van der Waals surface area contributed by atoms with E-state index < -0.39 is 30.1 Å². The van der Waals surface area contributed by atoms with E-state index in [9.17, 15) is 14.4 Å². The van der Waals surface area contributed by atoms with Gasteiger partial charge in [-0.3, -0.25) is 14.4 Å². The van der Waals surface area contributed by atoms with E-state index >= 15 is 0 Å². The van der Waals surface area contributed by atoms with Gasteiger partial charge in [0.1, 0.15) is 5.78 Å². The summed E-state index contributed by atoms with van der Waals surface area (Å²) in [5.41, 5.74) is 4.96. The maximum atomic E-state index is 10.7. The van der Waals surface area contributed by atoms with Crippen LogP contribution >= 0.6 is 0 Å². The molecule has 1 atom stereocenters. The van der Waals surface area contributed by atoms with Gasteiger partial charge in [0.15, 0.2) is 0 Å². The molecular weight excluding hydrogens is 178 g/mol. The molecule has 0 bridgehead atoms. The van der Waals surface area contributed by atoms with Gasteiger partial charge in [-0.15, -0.1) is 0 Å². The Hall–Kier alpha value is -1.43. The van der Waals surface area contributed by atoms with Crippen molar-refractivity contribution in [3.63, 3.8) is 0 Å². The molecule has 0 unspecified atom stereocenters. The predicted octanol–water partition coefficient (Wildman–Crippen LogP) is -0.920. The molecule has 0 aromatic heterocycles. The van der Waals surface area contributed by atoms with Crippen LogP contribution in [0.15, 0.2) is 0 Å². The Labute approximate surface area is 74.3 Å². The van der Waals surface area contributed by atoms with Gasteiger partial charge in [-0.05, 0) is 0 Å².